The van der Waals surface area contributed by atoms with E-state index in [0.717, 1.165) is 38.0 Å². The third kappa shape index (κ3) is 8.84. The monoisotopic (exact) mass is 496 g/mol. The summed E-state index contributed by atoms with van der Waals surface area (Å²) in [5, 5.41) is 16.7. The predicted octanol–water partition coefficient (Wildman–Crippen LogP) is 4.28. The van der Waals surface area contributed by atoms with Crippen molar-refractivity contribution < 1.29 is 24.6 Å². The number of hydrogen-bond acceptors (Lipinski definition) is 4. The van der Waals surface area contributed by atoms with Crippen molar-refractivity contribution in [2.45, 2.75) is 50.6 Å². The van der Waals surface area contributed by atoms with Crippen molar-refractivity contribution in [3.63, 3.8) is 0 Å². The molecule has 33 heavy (non-hydrogen) atoms. The van der Waals surface area contributed by atoms with Gasteiger partial charge < -0.3 is 15.1 Å². The number of nitrogens with zero attached hydrogens (tertiary/aromatic N) is 2. The maximum atomic E-state index is 12.9. The van der Waals surface area contributed by atoms with Crippen LogP contribution in [0, 0.1) is 0 Å². The lowest BCUT2D eigenvalue weighted by molar-refractivity contribution is -0.134. The highest BCUT2D eigenvalue weighted by molar-refractivity contribution is 6.42. The molecule has 2 atom stereocenters. The smallest absolute Gasteiger partial charge is 0.328 e. The Balaban J connectivity index is 0.000000414. The van der Waals surface area contributed by atoms with Crippen molar-refractivity contribution >= 4 is 41.0 Å². The molecule has 2 aliphatic heterocycles. The highest BCUT2D eigenvalue weighted by atomic mass is 35.5. The van der Waals surface area contributed by atoms with Crippen LogP contribution < -0.4 is 0 Å². The molecule has 1 aromatic carbocycles. The Morgan fingerprint density at radius 2 is 1.70 bits per heavy atom. The van der Waals surface area contributed by atoms with Crippen molar-refractivity contribution in [2.24, 2.45) is 0 Å². The summed E-state index contributed by atoms with van der Waals surface area (Å²) in [5.74, 6) is -2.32. The first kappa shape index (κ1) is 26.9. The molecule has 2 unspecified atom stereocenters. The highest BCUT2D eigenvalue weighted by Gasteiger charge is 2.31. The predicted molar refractivity (Wildman–Crippen MR) is 129 cm³/mol. The Morgan fingerprint density at radius 1 is 1.00 bits per heavy atom. The van der Waals surface area contributed by atoms with Gasteiger partial charge in [-0.2, -0.15) is 0 Å². The summed E-state index contributed by atoms with van der Waals surface area (Å²) in [5.41, 5.74) is 0.925. The minimum Gasteiger partial charge on any atom is -0.478 e. The SMILES string of the molecule is C=CC1CCCN1CC1CCCCN1C(=O)Cc1ccc(Cl)c(Cl)c1.O=C(O)/C=C\C(=O)O. The second-order valence-corrected chi connectivity index (χ2v) is 8.93. The molecule has 0 saturated carbocycles. The summed E-state index contributed by atoms with van der Waals surface area (Å²) in [6.07, 6.45) is 9.35. The molecule has 0 spiro atoms. The fraction of sp³-hybridized carbons (Fsp3) is 0.458. The van der Waals surface area contributed by atoms with Gasteiger partial charge in [0.25, 0.3) is 0 Å². The largest absolute Gasteiger partial charge is 0.478 e. The molecule has 0 aromatic heterocycles. The van der Waals surface area contributed by atoms with Gasteiger partial charge in [-0.15, -0.1) is 6.58 Å². The first-order valence-corrected chi connectivity index (χ1v) is 11.7. The minimum absolute atomic E-state index is 0.192. The molecular weight excluding hydrogens is 467 g/mol. The molecule has 1 amide bonds. The van der Waals surface area contributed by atoms with Crippen LogP contribution in [0.4, 0.5) is 0 Å². The zero-order valence-electron chi connectivity index (χ0n) is 18.5. The van der Waals surface area contributed by atoms with Gasteiger partial charge in [-0.05, 0) is 56.3 Å². The first-order chi connectivity index (χ1) is 15.7. The summed E-state index contributed by atoms with van der Waals surface area (Å²) in [6.45, 7) is 6.90. The molecule has 1 aromatic rings. The Kier molecular flexibility index (Phi) is 10.9. The van der Waals surface area contributed by atoms with E-state index in [2.05, 4.69) is 22.5 Å². The topological polar surface area (TPSA) is 98.2 Å². The third-order valence-electron chi connectivity index (χ3n) is 5.79. The molecule has 0 bridgehead atoms. The Morgan fingerprint density at radius 3 is 2.30 bits per heavy atom. The number of aliphatic carboxylic acids is 2. The van der Waals surface area contributed by atoms with E-state index in [-0.39, 0.29) is 5.91 Å². The number of halogens is 2. The number of carboxylic acid groups (broad SMARTS) is 2. The maximum Gasteiger partial charge on any atom is 0.328 e. The number of carbonyl (C=O) groups excluding carboxylic acids is 1. The lowest BCUT2D eigenvalue weighted by atomic mass is 10.00. The van der Waals surface area contributed by atoms with Crippen molar-refractivity contribution in [3.8, 4) is 0 Å². The molecule has 2 heterocycles. The van der Waals surface area contributed by atoms with Crippen LogP contribution in [0.2, 0.25) is 10.0 Å². The van der Waals surface area contributed by atoms with E-state index in [4.69, 9.17) is 33.4 Å². The number of hydrogen-bond donors (Lipinski definition) is 2. The first-order valence-electron chi connectivity index (χ1n) is 10.9. The standard InChI is InChI=1S/C20H26Cl2N2O.C4H4O4/c1-2-16-7-5-10-23(16)14-17-6-3-4-11-24(17)20(25)13-15-8-9-18(21)19(22)12-15;5-3(6)1-2-4(7)8/h2,8-9,12,16-17H,1,3-7,10-11,13-14H2;1-2H,(H,5,6)(H,7,8)/b;2-1-. The zero-order chi connectivity index (χ0) is 24.4. The summed E-state index contributed by atoms with van der Waals surface area (Å²) in [6, 6.07) is 6.23. The number of rotatable bonds is 7. The maximum absolute atomic E-state index is 12.9. The normalized spacial score (nSPS) is 20.8. The van der Waals surface area contributed by atoms with Gasteiger partial charge >= 0.3 is 11.9 Å². The van der Waals surface area contributed by atoms with E-state index in [9.17, 15) is 14.4 Å². The Bertz CT molecular complexity index is 874. The van der Waals surface area contributed by atoms with E-state index in [0.29, 0.717) is 40.7 Å². The Labute approximate surface area is 204 Å². The van der Waals surface area contributed by atoms with Gasteiger partial charge in [-0.3, -0.25) is 9.69 Å². The number of carboxylic acids is 2. The third-order valence-corrected chi connectivity index (χ3v) is 6.53. The second-order valence-electron chi connectivity index (χ2n) is 8.11. The van der Waals surface area contributed by atoms with E-state index < -0.39 is 11.9 Å². The van der Waals surface area contributed by atoms with Crippen molar-refractivity contribution in [1.29, 1.82) is 0 Å². The second kappa shape index (κ2) is 13.4. The summed E-state index contributed by atoms with van der Waals surface area (Å²) in [7, 11) is 0. The molecule has 2 fully saturated rings. The molecule has 0 radical (unpaired) electrons. The van der Waals surface area contributed by atoms with Crippen molar-refractivity contribution in [1.82, 2.24) is 9.80 Å². The van der Waals surface area contributed by atoms with Crippen molar-refractivity contribution in [2.75, 3.05) is 19.6 Å². The molecule has 2 N–H and O–H groups in total. The van der Waals surface area contributed by atoms with Crippen LogP contribution in [0.1, 0.15) is 37.7 Å². The molecule has 3 rings (SSSR count). The lowest BCUT2D eigenvalue weighted by Crippen LogP contribution is -2.50. The van der Waals surface area contributed by atoms with Crippen LogP contribution in [0.25, 0.3) is 0 Å². The van der Waals surface area contributed by atoms with Crippen LogP contribution in [0.15, 0.2) is 43.0 Å². The van der Waals surface area contributed by atoms with E-state index >= 15 is 0 Å². The number of likely N-dealkylation sites (tertiary alicyclic amines) is 2. The van der Waals surface area contributed by atoms with Crippen LogP contribution in [-0.4, -0.2) is 69.6 Å². The number of benzene rings is 1. The van der Waals surface area contributed by atoms with Gasteiger partial charge in [0, 0.05) is 37.3 Å². The quantitative estimate of drug-likeness (QED) is 0.431. The average molecular weight is 497 g/mol. The molecular formula is C24H30Cl2N2O5. The van der Waals surface area contributed by atoms with Crippen LogP contribution >= 0.6 is 23.2 Å². The minimum atomic E-state index is -1.26. The number of carbonyl (C=O) groups is 3. The summed E-state index contributed by atoms with van der Waals surface area (Å²) < 4.78 is 0. The summed E-state index contributed by atoms with van der Waals surface area (Å²) in [4.78, 5) is 36.6. The molecule has 7 nitrogen and oxygen atoms in total. The van der Waals surface area contributed by atoms with Gasteiger partial charge in [-0.1, -0.05) is 35.3 Å². The zero-order valence-corrected chi connectivity index (χ0v) is 20.0. The summed E-state index contributed by atoms with van der Waals surface area (Å²) >= 11 is 12.1. The van der Waals surface area contributed by atoms with Crippen molar-refractivity contribution in [3.05, 3.63) is 58.6 Å². The van der Waals surface area contributed by atoms with Gasteiger partial charge in [0.2, 0.25) is 5.91 Å². The molecule has 0 aliphatic carbocycles. The fourth-order valence-corrected chi connectivity index (χ4v) is 4.52. The van der Waals surface area contributed by atoms with Crippen LogP contribution in [-0.2, 0) is 20.8 Å². The number of amides is 1. The molecule has 2 aliphatic rings. The van der Waals surface area contributed by atoms with Gasteiger partial charge in [0.1, 0.15) is 0 Å². The lowest BCUT2D eigenvalue weighted by Gasteiger charge is -2.39. The van der Waals surface area contributed by atoms with Gasteiger partial charge in [-0.25, -0.2) is 9.59 Å². The van der Waals surface area contributed by atoms with E-state index in [1.807, 2.05) is 6.07 Å². The fourth-order valence-electron chi connectivity index (χ4n) is 4.20. The number of piperidine rings is 1. The van der Waals surface area contributed by atoms with E-state index in [1.54, 1.807) is 12.1 Å². The highest BCUT2D eigenvalue weighted by Crippen LogP contribution is 2.26. The van der Waals surface area contributed by atoms with Gasteiger partial charge in [0.05, 0.1) is 16.5 Å². The van der Waals surface area contributed by atoms with Crippen LogP contribution in [0.3, 0.4) is 0 Å². The van der Waals surface area contributed by atoms with Gasteiger partial charge in [0.15, 0.2) is 0 Å². The molecule has 9 heteroatoms. The average Bonchev–Trinajstić information content (AvgIpc) is 3.23. The Hall–Kier alpha value is -2.35. The van der Waals surface area contributed by atoms with Crippen LogP contribution in [0.5, 0.6) is 0 Å². The molecule has 2 saturated heterocycles. The molecule has 180 valence electrons. The van der Waals surface area contributed by atoms with E-state index in [1.165, 1.54) is 19.3 Å².